The minimum atomic E-state index is -0.486. The fraction of sp³-hybridized carbons (Fsp3) is 0.309. The van der Waals surface area contributed by atoms with Crippen molar-refractivity contribution < 1.29 is 41.9 Å². The fourth-order valence-corrected chi connectivity index (χ4v) is 15.0. The molecule has 0 aliphatic heterocycles. The van der Waals surface area contributed by atoms with E-state index in [1.54, 1.807) is 93.0 Å². The molecule has 109 heavy (non-hydrogen) atoms. The minimum absolute atomic E-state index is 0.0733. The van der Waals surface area contributed by atoms with E-state index < -0.39 is 17.5 Å². The Balaban J connectivity index is 0.000000162. The number of halogens is 6. The number of aromatic nitrogens is 6. The summed E-state index contributed by atoms with van der Waals surface area (Å²) in [6.45, 7) is 7.49. The molecule has 4 aliphatic rings. The van der Waals surface area contributed by atoms with Crippen molar-refractivity contribution in [1.29, 1.82) is 0 Å². The summed E-state index contributed by atoms with van der Waals surface area (Å²) in [6.07, 6.45) is 14.6. The van der Waals surface area contributed by atoms with Gasteiger partial charge in [0.1, 0.15) is 38.3 Å². The number of benzene rings is 6. The van der Waals surface area contributed by atoms with Crippen LogP contribution in [0.1, 0.15) is 143 Å². The summed E-state index contributed by atoms with van der Waals surface area (Å²) in [6, 6.07) is 30.3. The molecule has 2 bridgehead atoms. The first-order valence-corrected chi connectivity index (χ1v) is 37.1. The van der Waals surface area contributed by atoms with Crippen LogP contribution in [0.25, 0.3) is 33.4 Å². The average molecular weight is 1540 g/mol. The molecular formula is C81H84Cl3F3N16O6. The molecule has 4 aliphatic carbocycles. The molecule has 3 heterocycles. The van der Waals surface area contributed by atoms with Gasteiger partial charge in [-0.2, -0.15) is 9.97 Å². The smallest absolute Gasteiger partial charge is 0.251 e. The molecule has 22 nitrogen and oxygen atoms in total. The number of nitrogens with two attached hydrogens (primary N) is 3. The van der Waals surface area contributed by atoms with Crippen molar-refractivity contribution in [2.24, 2.45) is 40.9 Å². The van der Waals surface area contributed by atoms with Gasteiger partial charge in [0.05, 0.1) is 41.8 Å². The van der Waals surface area contributed by atoms with Gasteiger partial charge in [-0.15, -0.1) is 0 Å². The second-order valence-electron chi connectivity index (χ2n) is 27.5. The Bertz CT molecular complexity index is 4780. The van der Waals surface area contributed by atoms with Crippen molar-refractivity contribution in [3.05, 3.63) is 216 Å². The maximum absolute atomic E-state index is 15.2. The lowest BCUT2D eigenvalue weighted by atomic mass is 9.84. The Morgan fingerprint density at radius 1 is 0.486 bits per heavy atom. The molecule has 6 atom stereocenters. The van der Waals surface area contributed by atoms with Crippen molar-refractivity contribution in [3.63, 3.8) is 0 Å². The molecule has 9 aromatic rings. The molecule has 13 rings (SSSR count). The van der Waals surface area contributed by atoms with Crippen LogP contribution in [-0.2, 0) is 20.8 Å². The number of ketones is 1. The predicted octanol–water partition coefficient (Wildman–Crippen LogP) is 15.6. The Morgan fingerprint density at radius 3 is 1.34 bits per heavy atom. The monoisotopic (exact) mass is 1540 g/mol. The molecule has 13 N–H and O–H groups in total. The largest absolute Gasteiger partial charge is 0.369 e. The number of rotatable bonds is 22. The van der Waals surface area contributed by atoms with Gasteiger partial charge in [-0.25, -0.2) is 33.1 Å². The van der Waals surface area contributed by atoms with E-state index in [9.17, 15) is 28.8 Å². The number of hydrogen-bond acceptors (Lipinski definition) is 17. The van der Waals surface area contributed by atoms with Crippen LogP contribution in [0, 0.1) is 61.9 Å². The average Bonchev–Trinajstić information content (AvgIpc) is 1.65. The molecule has 0 radical (unpaired) electrons. The molecule has 3 aromatic heterocycles. The highest BCUT2D eigenvalue weighted by atomic mass is 35.5. The van der Waals surface area contributed by atoms with E-state index >= 15 is 13.2 Å². The minimum Gasteiger partial charge on any atom is -0.369 e. The van der Waals surface area contributed by atoms with Crippen LogP contribution in [-0.4, -0.2) is 91.4 Å². The Morgan fingerprint density at radius 2 is 0.899 bits per heavy atom. The molecule has 5 amide bonds. The quantitative estimate of drug-likeness (QED) is 0.0282. The van der Waals surface area contributed by atoms with Crippen LogP contribution in [0.5, 0.6) is 0 Å². The number of nitrogens with zero attached hydrogens (tertiary/aromatic N) is 6. The first-order chi connectivity index (χ1) is 52.3. The summed E-state index contributed by atoms with van der Waals surface area (Å²) in [5.41, 5.74) is 28.0. The number of primary amides is 3. The maximum Gasteiger partial charge on any atom is 0.251 e. The fourth-order valence-electron chi connectivity index (χ4n) is 14.6. The van der Waals surface area contributed by atoms with Crippen LogP contribution >= 0.6 is 34.8 Å². The molecule has 0 unspecified atom stereocenters. The number of allylic oxidation sites excluding steroid dienone is 1. The number of nitrogens with one attached hydrogen (secondary N) is 7. The summed E-state index contributed by atoms with van der Waals surface area (Å²) >= 11 is 19.0. The molecule has 0 saturated heterocycles. The lowest BCUT2D eigenvalue weighted by Gasteiger charge is -2.30. The molecule has 28 heteroatoms. The van der Waals surface area contributed by atoms with Gasteiger partial charge in [0.2, 0.25) is 29.6 Å². The second kappa shape index (κ2) is 35.3. The predicted molar refractivity (Wildman–Crippen MR) is 419 cm³/mol. The number of hydrogen-bond donors (Lipinski definition) is 10. The van der Waals surface area contributed by atoms with Gasteiger partial charge in [-0.05, 0) is 182 Å². The van der Waals surface area contributed by atoms with Crippen molar-refractivity contribution in [2.45, 2.75) is 123 Å². The normalized spacial score (nSPS) is 17.7. The third-order valence-corrected chi connectivity index (χ3v) is 21.1. The molecule has 566 valence electrons. The zero-order chi connectivity index (χ0) is 77.9. The molecule has 6 aromatic carbocycles. The van der Waals surface area contributed by atoms with E-state index in [-0.39, 0.29) is 101 Å². The van der Waals surface area contributed by atoms with E-state index in [1.165, 1.54) is 36.8 Å². The van der Waals surface area contributed by atoms with Crippen LogP contribution in [0.15, 0.2) is 139 Å². The second-order valence-corrected chi connectivity index (χ2v) is 28.7. The van der Waals surface area contributed by atoms with Gasteiger partial charge >= 0.3 is 0 Å². The van der Waals surface area contributed by atoms with E-state index in [0.717, 1.165) is 102 Å². The highest BCUT2D eigenvalue weighted by Gasteiger charge is 2.42. The van der Waals surface area contributed by atoms with Crippen LogP contribution in [0.2, 0.25) is 15.1 Å². The van der Waals surface area contributed by atoms with Crippen LogP contribution in [0.3, 0.4) is 0 Å². The summed E-state index contributed by atoms with van der Waals surface area (Å²) in [4.78, 5) is 97.3. The van der Waals surface area contributed by atoms with Gasteiger partial charge in [-0.1, -0.05) is 122 Å². The first kappa shape index (κ1) is 79.0. The molecular weight excluding hydrogens is 1460 g/mol. The van der Waals surface area contributed by atoms with Gasteiger partial charge in [0.25, 0.3) is 11.8 Å². The Kier molecular flexibility index (Phi) is 25.6. The van der Waals surface area contributed by atoms with Crippen LogP contribution < -0.4 is 54.4 Å². The zero-order valence-corrected chi connectivity index (χ0v) is 63.2. The van der Waals surface area contributed by atoms with E-state index in [4.69, 9.17) is 52.0 Å². The number of Topliss-reactive ketones (excluding diaryl/α,β-unsaturated/α-hetero) is 1. The SMILES string of the molecule is CCC(=O)c1ccc(-c2cc(F)c(Cc3ncc(Cl)c(NC4=C(C(N)=O)[C@@H]5CC[C@H]4C5)n3)cc2C)cc1.CNC(=O)c1ccc(-c2cc(F)c(Nc3ncc(Cl)c(N[C@@H]4CCCC[C@@H]4C(N)=O)n3)cc2C)cc1.CNC(=O)c1ccc(-c2cc(F)c(Nc3ncc(Cl)c(N[C@H]4CCCC[C@@H]4C(N)=O)n3)cc2C)cc1. The first-order valence-electron chi connectivity index (χ1n) is 36.0. The van der Waals surface area contributed by atoms with E-state index in [0.29, 0.717) is 96.6 Å². The van der Waals surface area contributed by atoms with Crippen molar-refractivity contribution >= 4 is 111 Å². The third kappa shape index (κ3) is 18.9. The van der Waals surface area contributed by atoms with Crippen molar-refractivity contribution in [3.8, 4) is 33.4 Å². The number of amides is 5. The highest BCUT2D eigenvalue weighted by molar-refractivity contribution is 6.33. The molecule has 0 spiro atoms. The van der Waals surface area contributed by atoms with E-state index in [1.807, 2.05) is 39.8 Å². The zero-order valence-electron chi connectivity index (χ0n) is 60.9. The number of fused-ring (bicyclic) bond motifs is 2. The summed E-state index contributed by atoms with van der Waals surface area (Å²) < 4.78 is 45.4. The van der Waals surface area contributed by atoms with E-state index in [2.05, 4.69) is 67.1 Å². The van der Waals surface area contributed by atoms with Gasteiger partial charge in [0.15, 0.2) is 23.2 Å². The lowest BCUT2D eigenvalue weighted by molar-refractivity contribution is -0.123. The Hall–Kier alpha value is -11.0. The van der Waals surface area contributed by atoms with Crippen LogP contribution in [0.4, 0.5) is 53.9 Å². The molecule has 3 saturated carbocycles. The van der Waals surface area contributed by atoms with Gasteiger partial charge in [0, 0.05) is 72.9 Å². The topological polar surface area (TPSA) is 342 Å². The lowest BCUT2D eigenvalue weighted by Crippen LogP contribution is -2.40. The molecule has 3 fully saturated rings. The summed E-state index contributed by atoms with van der Waals surface area (Å²) in [7, 11) is 3.14. The van der Waals surface area contributed by atoms with Gasteiger partial charge < -0.3 is 54.4 Å². The standard InChI is InChI=1S/C29H28ClFN4O2.2C26H28ClFN6O2/c1-3-24(36)17-6-4-16(5-7-17)21-13-23(31)20(10-15(21)2)12-25-33-14-22(30)29(34-25)35-27-19-9-8-18(11-19)26(27)28(32)37;2*1-14-11-22(20(28)12-18(14)15-7-9-16(10-8-15)25(36)30-2)33-26-31-13-19(27)24(34-26)32-21-6-4-3-5-17(21)23(29)35/h4-7,10,13-14,18-19H,3,8-9,11-12H2,1-2H3,(H2,32,37)(H,33,34,35);2*7-13,17,21H,3-6H2,1-2H3,(H2,29,35)(H,30,36)(H2,31,32,33,34)/t18-,19+;17-,21+;17-,21-/m100/s1. The number of carbonyl (C=O) groups is 6. The number of carbonyl (C=O) groups excluding carboxylic acids is 6. The third-order valence-electron chi connectivity index (χ3n) is 20.3. The summed E-state index contributed by atoms with van der Waals surface area (Å²) in [5, 5.41) is 21.6. The summed E-state index contributed by atoms with van der Waals surface area (Å²) in [5.74, 6) is -1.10. The van der Waals surface area contributed by atoms with Gasteiger partial charge in [-0.3, -0.25) is 28.8 Å². The highest BCUT2D eigenvalue weighted by Crippen LogP contribution is 2.49. The van der Waals surface area contributed by atoms with Crippen molar-refractivity contribution in [1.82, 2.24) is 40.5 Å². The maximum atomic E-state index is 15.2. The number of aryl methyl sites for hydroxylation is 3. The Labute approximate surface area is 644 Å². The van der Waals surface area contributed by atoms with Crippen molar-refractivity contribution in [2.75, 3.05) is 40.7 Å². The number of anilines is 7.